The first-order valence-corrected chi connectivity index (χ1v) is 11.7. The number of benzene rings is 2. The van der Waals surface area contributed by atoms with Crippen LogP contribution < -0.4 is 10.5 Å². The normalized spacial score (nSPS) is 12.8. The molecule has 0 radical (unpaired) electrons. The Labute approximate surface area is 188 Å². The number of para-hydroxylation sites is 1. The Balaban J connectivity index is 1.71. The number of ether oxygens (including phenoxy) is 2. The number of amides is 1. The molecule has 1 aromatic heterocycles. The molecule has 1 unspecified atom stereocenters. The average molecular weight is 455 g/mol. The molecule has 3 aromatic rings. The van der Waals surface area contributed by atoms with Gasteiger partial charge in [-0.25, -0.2) is 8.42 Å². The van der Waals surface area contributed by atoms with Gasteiger partial charge in [-0.3, -0.25) is 9.78 Å². The van der Waals surface area contributed by atoms with Crippen molar-refractivity contribution in [2.24, 2.45) is 11.1 Å². The molecule has 0 spiro atoms. The van der Waals surface area contributed by atoms with Gasteiger partial charge in [-0.1, -0.05) is 32.0 Å². The fourth-order valence-corrected chi connectivity index (χ4v) is 5.19. The quantitative estimate of drug-likeness (QED) is 0.500. The van der Waals surface area contributed by atoms with Gasteiger partial charge in [0.2, 0.25) is 5.91 Å². The third kappa shape index (κ3) is 6.15. The Kier molecular flexibility index (Phi) is 7.27. The van der Waals surface area contributed by atoms with Crippen LogP contribution in [0.5, 0.6) is 11.5 Å². The molecule has 0 bridgehead atoms. The minimum Gasteiger partial charge on any atom is -0.457 e. The fraction of sp³-hybridized carbons (Fsp3) is 0.250. The lowest BCUT2D eigenvalue weighted by Crippen LogP contribution is -2.46. The zero-order chi connectivity index (χ0) is 23.2. The van der Waals surface area contributed by atoms with Crippen molar-refractivity contribution >= 4 is 15.7 Å². The second-order valence-electron chi connectivity index (χ2n) is 8.08. The van der Waals surface area contributed by atoms with Gasteiger partial charge in [0.05, 0.1) is 17.3 Å². The van der Waals surface area contributed by atoms with Gasteiger partial charge >= 0.3 is 0 Å². The van der Waals surface area contributed by atoms with Crippen LogP contribution in [0.2, 0.25) is 0 Å². The van der Waals surface area contributed by atoms with Crippen LogP contribution in [0, 0.1) is 5.41 Å². The highest BCUT2D eigenvalue weighted by atomic mass is 32.2. The van der Waals surface area contributed by atoms with E-state index in [1.165, 1.54) is 12.1 Å². The van der Waals surface area contributed by atoms with Crippen molar-refractivity contribution in [1.29, 1.82) is 0 Å². The Bertz CT molecular complexity index is 1130. The molecule has 0 saturated heterocycles. The van der Waals surface area contributed by atoms with Crippen molar-refractivity contribution < 1.29 is 22.7 Å². The zero-order valence-electron chi connectivity index (χ0n) is 18.0. The Morgan fingerprint density at radius 2 is 1.56 bits per heavy atom. The van der Waals surface area contributed by atoms with Gasteiger partial charge in [0, 0.05) is 17.8 Å². The van der Waals surface area contributed by atoms with Gasteiger partial charge in [-0.15, -0.1) is 0 Å². The van der Waals surface area contributed by atoms with E-state index in [0.717, 1.165) is 5.56 Å². The molecule has 32 heavy (non-hydrogen) atoms. The van der Waals surface area contributed by atoms with Crippen LogP contribution in [-0.2, 0) is 26.0 Å². The lowest BCUT2D eigenvalue weighted by Gasteiger charge is -2.31. The van der Waals surface area contributed by atoms with Crippen LogP contribution in [0.1, 0.15) is 19.4 Å². The molecule has 0 saturated carbocycles. The second kappa shape index (κ2) is 9.93. The van der Waals surface area contributed by atoms with Gasteiger partial charge in [-0.05, 0) is 54.1 Å². The van der Waals surface area contributed by atoms with E-state index < -0.39 is 27.3 Å². The van der Waals surface area contributed by atoms with Crippen molar-refractivity contribution in [2.45, 2.75) is 31.5 Å². The van der Waals surface area contributed by atoms with E-state index in [0.29, 0.717) is 11.5 Å². The summed E-state index contributed by atoms with van der Waals surface area (Å²) < 4.78 is 37.6. The molecular formula is C24H26N2O5S. The maximum absolute atomic E-state index is 13.1. The van der Waals surface area contributed by atoms with Crippen molar-refractivity contribution in [3.63, 3.8) is 0 Å². The van der Waals surface area contributed by atoms with Gasteiger partial charge in [0.15, 0.2) is 9.84 Å². The molecule has 2 N–H and O–H groups in total. The summed E-state index contributed by atoms with van der Waals surface area (Å²) in [4.78, 5) is 16.1. The van der Waals surface area contributed by atoms with E-state index in [-0.39, 0.29) is 17.3 Å². The number of hydrogen-bond acceptors (Lipinski definition) is 6. The smallest absolute Gasteiger partial charge is 0.247 e. The summed E-state index contributed by atoms with van der Waals surface area (Å²) >= 11 is 0. The van der Waals surface area contributed by atoms with Gasteiger partial charge in [0.1, 0.15) is 17.6 Å². The number of carbonyl (C=O) groups excluding carboxylic acids is 1. The molecule has 0 aliphatic carbocycles. The van der Waals surface area contributed by atoms with Crippen LogP contribution in [0.15, 0.2) is 84.0 Å². The first-order chi connectivity index (χ1) is 15.2. The predicted octanol–water partition coefficient (Wildman–Crippen LogP) is 3.74. The highest BCUT2D eigenvalue weighted by Gasteiger charge is 2.39. The molecule has 0 aliphatic heterocycles. The summed E-state index contributed by atoms with van der Waals surface area (Å²) in [6.07, 6.45) is 2.13. The number of primary amides is 1. The standard InChI is InChI=1S/C24H26N2O5S/c1-24(2,22(23(25)27)30-16-18-12-14-26-15-13-18)17-32(28,29)21-10-8-20(9-11-21)31-19-6-4-3-5-7-19/h3-15,22H,16-17H2,1-2H3,(H2,25,27). The van der Waals surface area contributed by atoms with Crippen LogP contribution >= 0.6 is 0 Å². The third-order valence-electron chi connectivity index (χ3n) is 4.86. The van der Waals surface area contributed by atoms with Gasteiger partial charge < -0.3 is 15.2 Å². The van der Waals surface area contributed by atoms with E-state index in [2.05, 4.69) is 4.98 Å². The van der Waals surface area contributed by atoms with E-state index >= 15 is 0 Å². The molecule has 0 fully saturated rings. The number of hydrogen-bond donors (Lipinski definition) is 1. The minimum atomic E-state index is -3.72. The zero-order valence-corrected chi connectivity index (χ0v) is 18.8. The number of sulfone groups is 1. The molecule has 168 valence electrons. The maximum Gasteiger partial charge on any atom is 0.247 e. The summed E-state index contributed by atoms with van der Waals surface area (Å²) in [5, 5.41) is 0. The number of nitrogens with two attached hydrogens (primary N) is 1. The topological polar surface area (TPSA) is 109 Å². The first kappa shape index (κ1) is 23.4. The fourth-order valence-electron chi connectivity index (χ4n) is 3.34. The number of pyridine rings is 1. The van der Waals surface area contributed by atoms with Crippen LogP contribution in [0.3, 0.4) is 0 Å². The summed E-state index contributed by atoms with van der Waals surface area (Å²) in [6, 6.07) is 18.9. The lowest BCUT2D eigenvalue weighted by molar-refractivity contribution is -0.137. The van der Waals surface area contributed by atoms with Crippen LogP contribution in [0.4, 0.5) is 0 Å². The van der Waals surface area contributed by atoms with Crippen LogP contribution in [0.25, 0.3) is 0 Å². The minimum absolute atomic E-state index is 0.116. The maximum atomic E-state index is 13.1. The molecule has 7 nitrogen and oxygen atoms in total. The van der Waals surface area contributed by atoms with E-state index in [1.54, 1.807) is 50.5 Å². The van der Waals surface area contributed by atoms with E-state index in [9.17, 15) is 13.2 Å². The van der Waals surface area contributed by atoms with Gasteiger partial charge in [-0.2, -0.15) is 0 Å². The summed E-state index contributed by atoms with van der Waals surface area (Å²) in [6.45, 7) is 3.42. The van der Waals surface area contributed by atoms with Crippen LogP contribution in [-0.4, -0.2) is 31.2 Å². The highest BCUT2D eigenvalue weighted by molar-refractivity contribution is 7.91. The van der Waals surface area contributed by atoms with E-state index in [4.69, 9.17) is 15.2 Å². The highest BCUT2D eigenvalue weighted by Crippen LogP contribution is 2.30. The molecule has 3 rings (SSSR count). The predicted molar refractivity (Wildman–Crippen MR) is 121 cm³/mol. The lowest BCUT2D eigenvalue weighted by atomic mass is 9.88. The average Bonchev–Trinajstić information content (AvgIpc) is 2.74. The molecule has 1 atom stereocenters. The van der Waals surface area contributed by atoms with Gasteiger partial charge in [0.25, 0.3) is 0 Å². The number of aromatic nitrogens is 1. The largest absolute Gasteiger partial charge is 0.457 e. The SMILES string of the molecule is CC(C)(CS(=O)(=O)c1ccc(Oc2ccccc2)cc1)C(OCc1ccncc1)C(N)=O. The molecule has 8 heteroatoms. The Morgan fingerprint density at radius 3 is 2.16 bits per heavy atom. The first-order valence-electron chi connectivity index (χ1n) is 10.0. The van der Waals surface area contributed by atoms with Crippen molar-refractivity contribution in [3.8, 4) is 11.5 Å². The Hall–Kier alpha value is -3.23. The second-order valence-corrected chi connectivity index (χ2v) is 10.1. The molecule has 1 amide bonds. The Morgan fingerprint density at radius 1 is 0.969 bits per heavy atom. The van der Waals surface area contributed by atoms with Crippen molar-refractivity contribution in [2.75, 3.05) is 5.75 Å². The monoisotopic (exact) mass is 454 g/mol. The molecular weight excluding hydrogens is 428 g/mol. The molecule has 2 aromatic carbocycles. The number of rotatable bonds is 10. The van der Waals surface area contributed by atoms with E-state index in [1.807, 2.05) is 30.3 Å². The number of carbonyl (C=O) groups is 1. The van der Waals surface area contributed by atoms with Crippen molar-refractivity contribution in [3.05, 3.63) is 84.7 Å². The molecule has 1 heterocycles. The summed E-state index contributed by atoms with van der Waals surface area (Å²) in [7, 11) is -3.72. The van der Waals surface area contributed by atoms with Crippen molar-refractivity contribution in [1.82, 2.24) is 4.98 Å². The third-order valence-corrected chi connectivity index (χ3v) is 6.97. The summed E-state index contributed by atoms with van der Waals surface area (Å²) in [5.41, 5.74) is 5.30. The summed E-state index contributed by atoms with van der Waals surface area (Å²) in [5.74, 6) is 0.138. The molecule has 0 aliphatic rings. The number of nitrogens with zero attached hydrogens (tertiary/aromatic N) is 1.